The Morgan fingerprint density at radius 2 is 1.57 bits per heavy atom. The van der Waals surface area contributed by atoms with Crippen LogP contribution in [0.3, 0.4) is 0 Å². The minimum absolute atomic E-state index is 0.0712. The number of aromatic nitrogens is 1. The number of carbonyl (C=O) groups excluding carboxylic acids is 1. The molecule has 1 N–H and O–H groups in total. The Kier molecular flexibility index (Phi) is 7.92. The van der Waals surface area contributed by atoms with Gasteiger partial charge in [0, 0.05) is 41.4 Å². The van der Waals surface area contributed by atoms with Gasteiger partial charge in [0.1, 0.15) is 0 Å². The number of rotatable bonds is 6. The van der Waals surface area contributed by atoms with Crippen molar-refractivity contribution in [3.8, 4) is 16.9 Å². The second-order valence-electron chi connectivity index (χ2n) is 9.48. The molecule has 37 heavy (non-hydrogen) atoms. The van der Waals surface area contributed by atoms with Crippen molar-refractivity contribution in [1.82, 2.24) is 14.8 Å². The standard InChI is InChI=1S/C30H28Cl3N3O/c1-20-26(30(37)34-25-13-15-35(16-14-25)19-21-5-3-2-4-6-21)18-29(22-7-9-23(31)10-8-22)36(20)28-12-11-24(32)17-27(28)33/h2-12,17-18,25H,13-16,19H2,1H3,(H,34,37). The quantitative estimate of drug-likeness (QED) is 0.265. The molecule has 4 aromatic rings. The van der Waals surface area contributed by atoms with Crippen molar-refractivity contribution >= 4 is 40.7 Å². The Morgan fingerprint density at radius 3 is 2.24 bits per heavy atom. The van der Waals surface area contributed by atoms with Crippen molar-refractivity contribution in [2.75, 3.05) is 13.1 Å². The van der Waals surface area contributed by atoms with Gasteiger partial charge in [-0.05, 0) is 67.3 Å². The number of nitrogens with one attached hydrogen (secondary N) is 1. The molecule has 0 aliphatic carbocycles. The van der Waals surface area contributed by atoms with Crippen molar-refractivity contribution in [2.24, 2.45) is 0 Å². The number of carbonyl (C=O) groups is 1. The zero-order valence-corrected chi connectivity index (χ0v) is 22.8. The van der Waals surface area contributed by atoms with Gasteiger partial charge >= 0.3 is 0 Å². The summed E-state index contributed by atoms with van der Waals surface area (Å²) in [4.78, 5) is 16.0. The van der Waals surface area contributed by atoms with Crippen molar-refractivity contribution < 1.29 is 4.79 Å². The second-order valence-corrected chi connectivity index (χ2v) is 10.8. The molecule has 2 heterocycles. The average molecular weight is 553 g/mol. The van der Waals surface area contributed by atoms with Gasteiger partial charge in [-0.2, -0.15) is 0 Å². The number of amides is 1. The number of benzene rings is 3. The van der Waals surface area contributed by atoms with Gasteiger partial charge in [-0.25, -0.2) is 0 Å². The van der Waals surface area contributed by atoms with E-state index in [-0.39, 0.29) is 11.9 Å². The van der Waals surface area contributed by atoms with Crippen LogP contribution in [0.2, 0.25) is 15.1 Å². The summed E-state index contributed by atoms with van der Waals surface area (Å²) in [5.41, 5.74) is 5.32. The number of nitrogens with zero attached hydrogens (tertiary/aromatic N) is 2. The summed E-state index contributed by atoms with van der Waals surface area (Å²) in [7, 11) is 0. The smallest absolute Gasteiger partial charge is 0.253 e. The zero-order chi connectivity index (χ0) is 25.9. The molecule has 5 rings (SSSR count). The molecule has 0 spiro atoms. The molecular weight excluding hydrogens is 525 g/mol. The minimum Gasteiger partial charge on any atom is -0.349 e. The summed E-state index contributed by atoms with van der Waals surface area (Å²) in [6.07, 6.45) is 1.84. The van der Waals surface area contributed by atoms with Crippen LogP contribution in [0.25, 0.3) is 16.9 Å². The number of piperidine rings is 1. The van der Waals surface area contributed by atoms with Gasteiger partial charge in [0.05, 0.1) is 22.0 Å². The van der Waals surface area contributed by atoms with E-state index in [9.17, 15) is 4.79 Å². The van der Waals surface area contributed by atoms with Gasteiger partial charge in [0.25, 0.3) is 5.91 Å². The van der Waals surface area contributed by atoms with Crippen LogP contribution in [0, 0.1) is 6.92 Å². The molecule has 0 bridgehead atoms. The molecule has 7 heteroatoms. The largest absolute Gasteiger partial charge is 0.349 e. The zero-order valence-electron chi connectivity index (χ0n) is 20.6. The number of hydrogen-bond acceptors (Lipinski definition) is 2. The van der Waals surface area contributed by atoms with Crippen molar-refractivity contribution in [1.29, 1.82) is 0 Å². The highest BCUT2D eigenvalue weighted by Crippen LogP contribution is 2.34. The Balaban J connectivity index is 1.37. The molecule has 0 unspecified atom stereocenters. The average Bonchev–Trinajstić information content (AvgIpc) is 3.23. The fraction of sp³-hybridized carbons (Fsp3) is 0.233. The number of likely N-dealkylation sites (tertiary alicyclic amines) is 1. The molecule has 4 nitrogen and oxygen atoms in total. The second kappa shape index (κ2) is 11.3. The molecule has 190 valence electrons. The highest BCUT2D eigenvalue weighted by Gasteiger charge is 2.25. The third-order valence-electron chi connectivity index (χ3n) is 6.95. The molecule has 1 aliphatic heterocycles. The van der Waals surface area contributed by atoms with E-state index in [0.717, 1.165) is 55.1 Å². The fourth-order valence-corrected chi connectivity index (χ4v) is 5.60. The lowest BCUT2D eigenvalue weighted by atomic mass is 10.0. The molecule has 1 fully saturated rings. The monoisotopic (exact) mass is 551 g/mol. The summed E-state index contributed by atoms with van der Waals surface area (Å²) in [5.74, 6) is -0.0712. The summed E-state index contributed by atoms with van der Waals surface area (Å²) in [6, 6.07) is 25.6. The molecule has 0 saturated carbocycles. The molecule has 1 aliphatic rings. The lowest BCUT2D eigenvalue weighted by Crippen LogP contribution is -2.44. The molecular formula is C30H28Cl3N3O. The topological polar surface area (TPSA) is 37.3 Å². The Bertz CT molecular complexity index is 1390. The van der Waals surface area contributed by atoms with Crippen LogP contribution in [0.5, 0.6) is 0 Å². The van der Waals surface area contributed by atoms with E-state index < -0.39 is 0 Å². The maximum absolute atomic E-state index is 13.5. The van der Waals surface area contributed by atoms with Gasteiger partial charge in [0.15, 0.2) is 0 Å². The maximum atomic E-state index is 13.5. The van der Waals surface area contributed by atoms with E-state index in [1.807, 2.05) is 54.0 Å². The number of hydrogen-bond donors (Lipinski definition) is 1. The van der Waals surface area contributed by atoms with E-state index in [0.29, 0.717) is 20.6 Å². The van der Waals surface area contributed by atoms with Gasteiger partial charge in [-0.1, -0.05) is 77.3 Å². The van der Waals surface area contributed by atoms with Crippen LogP contribution in [0.1, 0.15) is 34.5 Å². The summed E-state index contributed by atoms with van der Waals surface area (Å²) < 4.78 is 2.01. The molecule has 3 aromatic carbocycles. The van der Waals surface area contributed by atoms with Gasteiger partial charge in [-0.3, -0.25) is 9.69 Å². The SMILES string of the molecule is Cc1c(C(=O)NC2CCN(Cc3ccccc3)CC2)cc(-c2ccc(Cl)cc2)n1-c1ccc(Cl)cc1Cl. The van der Waals surface area contributed by atoms with E-state index in [2.05, 4.69) is 34.5 Å². The Morgan fingerprint density at radius 1 is 0.892 bits per heavy atom. The summed E-state index contributed by atoms with van der Waals surface area (Å²) in [5, 5.41) is 5.01. The van der Waals surface area contributed by atoms with E-state index in [1.165, 1.54) is 5.56 Å². The Hall–Kier alpha value is -2.76. The Labute approximate surface area is 232 Å². The van der Waals surface area contributed by atoms with Crippen LogP contribution in [0.15, 0.2) is 78.9 Å². The molecule has 1 saturated heterocycles. The van der Waals surface area contributed by atoms with Crippen molar-refractivity contribution in [3.63, 3.8) is 0 Å². The number of halogens is 3. The third kappa shape index (κ3) is 5.89. The maximum Gasteiger partial charge on any atom is 0.253 e. The van der Waals surface area contributed by atoms with Crippen LogP contribution in [0.4, 0.5) is 0 Å². The highest BCUT2D eigenvalue weighted by molar-refractivity contribution is 6.35. The normalized spacial score (nSPS) is 14.6. The predicted octanol–water partition coefficient (Wildman–Crippen LogP) is 7.81. The first-order valence-corrected chi connectivity index (χ1v) is 13.5. The molecule has 1 aromatic heterocycles. The predicted molar refractivity (Wildman–Crippen MR) is 153 cm³/mol. The van der Waals surface area contributed by atoms with Crippen LogP contribution in [-0.2, 0) is 6.54 Å². The lowest BCUT2D eigenvalue weighted by molar-refractivity contribution is 0.0908. The first-order valence-electron chi connectivity index (χ1n) is 12.4. The molecule has 0 radical (unpaired) electrons. The highest BCUT2D eigenvalue weighted by atomic mass is 35.5. The first kappa shape index (κ1) is 25.9. The van der Waals surface area contributed by atoms with E-state index >= 15 is 0 Å². The van der Waals surface area contributed by atoms with Crippen LogP contribution >= 0.6 is 34.8 Å². The van der Waals surface area contributed by atoms with E-state index in [4.69, 9.17) is 34.8 Å². The summed E-state index contributed by atoms with van der Waals surface area (Å²) >= 11 is 18.9. The minimum atomic E-state index is -0.0712. The van der Waals surface area contributed by atoms with Crippen LogP contribution < -0.4 is 5.32 Å². The van der Waals surface area contributed by atoms with Crippen molar-refractivity contribution in [2.45, 2.75) is 32.4 Å². The van der Waals surface area contributed by atoms with Crippen molar-refractivity contribution in [3.05, 3.63) is 111 Å². The van der Waals surface area contributed by atoms with Gasteiger partial charge in [0.2, 0.25) is 0 Å². The third-order valence-corrected chi connectivity index (χ3v) is 7.74. The fourth-order valence-electron chi connectivity index (χ4n) is 4.98. The molecule has 0 atom stereocenters. The first-order chi connectivity index (χ1) is 17.9. The molecule has 1 amide bonds. The van der Waals surface area contributed by atoms with E-state index in [1.54, 1.807) is 12.1 Å². The lowest BCUT2D eigenvalue weighted by Gasteiger charge is -2.32. The van der Waals surface area contributed by atoms with Gasteiger partial charge in [-0.15, -0.1) is 0 Å². The summed E-state index contributed by atoms with van der Waals surface area (Å²) in [6.45, 7) is 4.80. The van der Waals surface area contributed by atoms with Crippen LogP contribution in [-0.4, -0.2) is 34.5 Å². The van der Waals surface area contributed by atoms with Gasteiger partial charge < -0.3 is 9.88 Å².